The third kappa shape index (κ3) is 6.63. The van der Waals surface area contributed by atoms with Gasteiger partial charge in [-0.1, -0.05) is 48.5 Å². The fourth-order valence-corrected chi connectivity index (χ4v) is 4.49. The molecule has 0 aliphatic carbocycles. The number of anilines is 2. The lowest BCUT2D eigenvalue weighted by Crippen LogP contribution is -2.46. The second-order valence-electron chi connectivity index (χ2n) is 7.80. The van der Waals surface area contributed by atoms with Gasteiger partial charge in [0.2, 0.25) is 5.13 Å². The summed E-state index contributed by atoms with van der Waals surface area (Å²) in [6, 6.07) is 19.0. The number of ether oxygens (including phenoxy) is 1. The van der Waals surface area contributed by atoms with Gasteiger partial charge in [-0.15, -0.1) is 11.3 Å². The Balaban J connectivity index is 1.32. The number of piperazine rings is 1. The van der Waals surface area contributed by atoms with Crippen molar-refractivity contribution >= 4 is 34.3 Å². The molecule has 0 radical (unpaired) electrons. The van der Waals surface area contributed by atoms with Crippen molar-refractivity contribution in [3.8, 4) is 0 Å². The fourth-order valence-electron chi connectivity index (χ4n) is 3.83. The fraction of sp³-hybridized carbons (Fsp3) is 0.320. The van der Waals surface area contributed by atoms with E-state index in [1.807, 2.05) is 17.7 Å². The number of nitrogens with one attached hydrogen (secondary N) is 1. The zero-order chi connectivity index (χ0) is 22.9. The molecule has 1 aliphatic heterocycles. The summed E-state index contributed by atoms with van der Waals surface area (Å²) < 4.78 is 4.97. The zero-order valence-electron chi connectivity index (χ0n) is 18.8. The molecule has 4 rings (SSSR count). The van der Waals surface area contributed by atoms with Crippen LogP contribution < -0.4 is 10.3 Å². The van der Waals surface area contributed by atoms with Crippen LogP contribution in [0.1, 0.15) is 23.7 Å². The minimum Gasteiger partial charge on any atom is -0.466 e. The molecule has 3 aromatic rings. The predicted octanol–water partition coefficient (Wildman–Crippen LogP) is 4.02. The summed E-state index contributed by atoms with van der Waals surface area (Å²) in [6.07, 6.45) is 2.01. The molecule has 0 saturated carbocycles. The number of thiazole rings is 1. The number of benzene rings is 2. The van der Waals surface area contributed by atoms with Crippen molar-refractivity contribution in [3.05, 3.63) is 76.8 Å². The molecule has 0 unspecified atom stereocenters. The molecule has 1 aliphatic rings. The molecule has 8 heteroatoms. The molecule has 0 spiro atoms. The van der Waals surface area contributed by atoms with E-state index in [4.69, 9.17) is 4.74 Å². The number of nitrogens with zero attached hydrogens (tertiary/aromatic N) is 4. The van der Waals surface area contributed by atoms with Crippen LogP contribution in [0.4, 0.5) is 10.8 Å². The molecule has 172 valence electrons. The zero-order valence-corrected chi connectivity index (χ0v) is 19.6. The van der Waals surface area contributed by atoms with Crippen LogP contribution >= 0.6 is 11.3 Å². The molecular weight excluding hydrogens is 434 g/mol. The van der Waals surface area contributed by atoms with Crippen molar-refractivity contribution in [1.82, 2.24) is 9.88 Å². The third-order valence-corrected chi connectivity index (χ3v) is 6.24. The summed E-state index contributed by atoms with van der Waals surface area (Å²) in [7, 11) is 0. The number of hydrogen-bond acceptors (Lipinski definition) is 8. The Bertz CT molecular complexity index is 1060. The molecule has 1 saturated heterocycles. The van der Waals surface area contributed by atoms with Gasteiger partial charge in [-0.25, -0.2) is 4.98 Å². The van der Waals surface area contributed by atoms with Crippen LogP contribution in [0.2, 0.25) is 0 Å². The van der Waals surface area contributed by atoms with Crippen LogP contribution in [-0.2, 0) is 22.5 Å². The maximum absolute atomic E-state index is 11.6. The Morgan fingerprint density at radius 3 is 2.67 bits per heavy atom. The van der Waals surface area contributed by atoms with Crippen molar-refractivity contribution < 1.29 is 9.53 Å². The van der Waals surface area contributed by atoms with E-state index in [0.717, 1.165) is 38.3 Å². The minimum atomic E-state index is -0.268. The minimum absolute atomic E-state index is 0.175. The summed E-state index contributed by atoms with van der Waals surface area (Å²) in [5.74, 6) is -0.268. The first-order chi connectivity index (χ1) is 16.2. The summed E-state index contributed by atoms with van der Waals surface area (Å²) in [6.45, 7) is 7.18. The van der Waals surface area contributed by atoms with Gasteiger partial charge < -0.3 is 9.64 Å². The quantitative estimate of drug-likeness (QED) is 0.294. The number of carbonyl (C=O) groups is 1. The number of aromatic nitrogens is 1. The Kier molecular flexibility index (Phi) is 8.05. The van der Waals surface area contributed by atoms with Gasteiger partial charge in [-0.2, -0.15) is 5.10 Å². The van der Waals surface area contributed by atoms with Gasteiger partial charge in [0.05, 0.1) is 24.9 Å². The van der Waals surface area contributed by atoms with Gasteiger partial charge in [0.25, 0.3) is 0 Å². The van der Waals surface area contributed by atoms with E-state index in [0.29, 0.717) is 17.4 Å². The van der Waals surface area contributed by atoms with Crippen molar-refractivity contribution in [2.75, 3.05) is 43.1 Å². The number of carbonyl (C=O) groups excluding carboxylic acids is 1. The lowest BCUT2D eigenvalue weighted by atomic mass is 10.1. The highest BCUT2D eigenvalue weighted by atomic mass is 32.1. The first kappa shape index (κ1) is 22.9. The molecule has 7 nitrogen and oxygen atoms in total. The lowest BCUT2D eigenvalue weighted by Gasteiger charge is -2.36. The Morgan fingerprint density at radius 2 is 1.88 bits per heavy atom. The predicted molar refractivity (Wildman–Crippen MR) is 134 cm³/mol. The first-order valence-corrected chi connectivity index (χ1v) is 12.1. The number of para-hydroxylation sites is 1. The maximum Gasteiger partial charge on any atom is 0.311 e. The van der Waals surface area contributed by atoms with Crippen LogP contribution in [-0.4, -0.2) is 54.9 Å². The second-order valence-corrected chi connectivity index (χ2v) is 8.66. The number of rotatable bonds is 9. The Morgan fingerprint density at radius 1 is 1.12 bits per heavy atom. The molecule has 0 amide bonds. The van der Waals surface area contributed by atoms with E-state index in [2.05, 4.69) is 73.8 Å². The molecule has 0 atom stereocenters. The molecule has 2 heterocycles. The van der Waals surface area contributed by atoms with Crippen LogP contribution in [0, 0.1) is 0 Å². The van der Waals surface area contributed by atoms with Crippen molar-refractivity contribution in [1.29, 1.82) is 0 Å². The highest BCUT2D eigenvalue weighted by Crippen LogP contribution is 2.22. The van der Waals surface area contributed by atoms with Crippen LogP contribution in [0.25, 0.3) is 0 Å². The van der Waals surface area contributed by atoms with Gasteiger partial charge in [-0.05, 0) is 18.6 Å². The molecular formula is C25H29N5O2S. The van der Waals surface area contributed by atoms with Crippen LogP contribution in [0.15, 0.2) is 65.1 Å². The molecule has 2 aromatic carbocycles. The van der Waals surface area contributed by atoms with E-state index in [9.17, 15) is 4.79 Å². The van der Waals surface area contributed by atoms with E-state index in [-0.39, 0.29) is 12.4 Å². The highest BCUT2D eigenvalue weighted by Gasteiger charge is 2.18. The van der Waals surface area contributed by atoms with Gasteiger partial charge >= 0.3 is 5.97 Å². The molecule has 1 aromatic heterocycles. The first-order valence-electron chi connectivity index (χ1n) is 11.2. The molecule has 1 N–H and O–H groups in total. The summed E-state index contributed by atoms with van der Waals surface area (Å²) in [5, 5.41) is 6.88. The summed E-state index contributed by atoms with van der Waals surface area (Å²) in [4.78, 5) is 20.9. The highest BCUT2D eigenvalue weighted by molar-refractivity contribution is 7.13. The van der Waals surface area contributed by atoms with E-state index < -0.39 is 0 Å². The van der Waals surface area contributed by atoms with E-state index in [1.54, 1.807) is 6.92 Å². The Labute approximate surface area is 198 Å². The second kappa shape index (κ2) is 11.6. The lowest BCUT2D eigenvalue weighted by molar-refractivity contribution is -0.142. The molecule has 0 bridgehead atoms. The normalized spacial score (nSPS) is 14.5. The number of esters is 1. The maximum atomic E-state index is 11.6. The largest absolute Gasteiger partial charge is 0.466 e. The van der Waals surface area contributed by atoms with Gasteiger partial charge in [-0.3, -0.25) is 15.1 Å². The standard InChI is InChI=1S/C25H29N5O2S/c1-2-32-24(31)16-22-19-33-25(27-22)28-26-17-21-10-6-7-11-23(21)30-14-12-29(13-15-30)18-20-8-4-3-5-9-20/h3-11,17,19H,2,12-16,18H2,1H3,(H,27,28). The van der Waals surface area contributed by atoms with E-state index in [1.165, 1.54) is 22.6 Å². The number of hydrazone groups is 1. The smallest absolute Gasteiger partial charge is 0.311 e. The van der Waals surface area contributed by atoms with Gasteiger partial charge in [0.1, 0.15) is 0 Å². The van der Waals surface area contributed by atoms with Crippen molar-refractivity contribution in [2.24, 2.45) is 5.10 Å². The molecule has 1 fully saturated rings. The van der Waals surface area contributed by atoms with Crippen LogP contribution in [0.5, 0.6) is 0 Å². The Hall–Kier alpha value is -3.23. The third-order valence-electron chi connectivity index (χ3n) is 5.45. The van der Waals surface area contributed by atoms with E-state index >= 15 is 0 Å². The SMILES string of the molecule is CCOC(=O)Cc1csc(NN=Cc2ccccc2N2CCN(Cc3ccccc3)CC2)n1. The average molecular weight is 464 g/mol. The van der Waals surface area contributed by atoms with Crippen LogP contribution in [0.3, 0.4) is 0 Å². The van der Waals surface area contributed by atoms with Gasteiger partial charge in [0, 0.05) is 49.4 Å². The topological polar surface area (TPSA) is 70.1 Å². The average Bonchev–Trinajstić information content (AvgIpc) is 3.28. The van der Waals surface area contributed by atoms with Gasteiger partial charge in [0.15, 0.2) is 0 Å². The number of hydrogen-bond donors (Lipinski definition) is 1. The monoisotopic (exact) mass is 463 g/mol. The molecule has 33 heavy (non-hydrogen) atoms. The van der Waals surface area contributed by atoms with Crippen molar-refractivity contribution in [2.45, 2.75) is 19.9 Å². The summed E-state index contributed by atoms with van der Waals surface area (Å²) >= 11 is 1.42. The summed E-state index contributed by atoms with van der Waals surface area (Å²) in [5.41, 5.74) is 7.27. The van der Waals surface area contributed by atoms with Crippen molar-refractivity contribution in [3.63, 3.8) is 0 Å².